The van der Waals surface area contributed by atoms with Gasteiger partial charge < -0.3 is 0 Å². The molecule has 1 heterocycles. The molecular weight excluding hydrogens is 178 g/mol. The second-order valence-corrected chi connectivity index (χ2v) is 3.27. The molecule has 0 aromatic rings. The zero-order chi connectivity index (χ0) is 10.9. The molecule has 0 saturated heterocycles. The first-order chi connectivity index (χ1) is 6.49. The Hall–Kier alpha value is -1.64. The molecule has 0 aliphatic carbocycles. The van der Waals surface area contributed by atoms with Crippen molar-refractivity contribution in [1.29, 1.82) is 0 Å². The summed E-state index contributed by atoms with van der Waals surface area (Å²) >= 11 is 0. The second kappa shape index (κ2) is 3.62. The quantitative estimate of drug-likeness (QED) is 0.687. The lowest BCUT2D eigenvalue weighted by Gasteiger charge is -2.03. The van der Waals surface area contributed by atoms with Crippen molar-refractivity contribution in [2.45, 2.75) is 20.3 Å². The van der Waals surface area contributed by atoms with Gasteiger partial charge in [0.25, 0.3) is 11.8 Å². The zero-order valence-corrected chi connectivity index (χ0v) is 8.44. The first kappa shape index (κ1) is 10.4. The van der Waals surface area contributed by atoms with Crippen molar-refractivity contribution in [3.63, 3.8) is 0 Å². The summed E-state index contributed by atoms with van der Waals surface area (Å²) < 4.78 is 0. The smallest absolute Gasteiger partial charge is 0.259 e. The summed E-state index contributed by atoms with van der Waals surface area (Å²) in [5.41, 5.74) is 2.04. The van der Waals surface area contributed by atoms with Gasteiger partial charge in [-0.25, -0.2) is 0 Å². The lowest BCUT2D eigenvalue weighted by atomic mass is 9.97. The van der Waals surface area contributed by atoms with Crippen molar-refractivity contribution in [1.82, 2.24) is 5.32 Å². The monoisotopic (exact) mass is 191 g/mol. The molecule has 0 radical (unpaired) electrons. The van der Waals surface area contributed by atoms with E-state index in [0.29, 0.717) is 28.7 Å². The summed E-state index contributed by atoms with van der Waals surface area (Å²) in [6.07, 6.45) is 0.646. The van der Waals surface area contributed by atoms with Gasteiger partial charge in [-0.05, 0) is 24.5 Å². The number of nitrogens with one attached hydrogen (secondary N) is 1. The Labute approximate surface area is 83.2 Å². The molecule has 74 valence electrons. The molecule has 3 nitrogen and oxygen atoms in total. The van der Waals surface area contributed by atoms with Gasteiger partial charge in [-0.2, -0.15) is 0 Å². The van der Waals surface area contributed by atoms with E-state index >= 15 is 0 Å². The second-order valence-electron chi connectivity index (χ2n) is 3.27. The maximum Gasteiger partial charge on any atom is 0.259 e. The topological polar surface area (TPSA) is 46.2 Å². The molecule has 1 rings (SSSR count). The molecule has 0 aromatic carbocycles. The van der Waals surface area contributed by atoms with Crippen molar-refractivity contribution in [3.8, 4) is 0 Å². The number of hydrogen-bond acceptors (Lipinski definition) is 2. The van der Waals surface area contributed by atoms with Gasteiger partial charge in [0.15, 0.2) is 0 Å². The summed E-state index contributed by atoms with van der Waals surface area (Å²) in [6, 6.07) is 0. The number of carbonyl (C=O) groups is 2. The molecule has 0 atom stereocenters. The van der Waals surface area contributed by atoms with E-state index in [0.717, 1.165) is 0 Å². The van der Waals surface area contributed by atoms with Crippen LogP contribution >= 0.6 is 0 Å². The Morgan fingerprint density at radius 3 is 2.14 bits per heavy atom. The van der Waals surface area contributed by atoms with Crippen LogP contribution in [0.15, 0.2) is 35.5 Å². The van der Waals surface area contributed by atoms with E-state index in [2.05, 4.69) is 18.5 Å². The molecule has 1 N–H and O–H groups in total. The standard InChI is InChI=1S/C11H13NO2/c1-5-7(4)9-8(6(2)3)10(13)12-11(9)14/h2,4-5H2,1,3H3,(H,12,13,14). The minimum absolute atomic E-state index is 0.361. The first-order valence-electron chi connectivity index (χ1n) is 4.43. The number of hydrogen-bond donors (Lipinski definition) is 1. The Balaban J connectivity index is 3.29. The fourth-order valence-electron chi connectivity index (χ4n) is 1.38. The summed E-state index contributed by atoms with van der Waals surface area (Å²) in [4.78, 5) is 22.8. The highest BCUT2D eigenvalue weighted by Gasteiger charge is 2.31. The van der Waals surface area contributed by atoms with E-state index in [1.165, 1.54) is 0 Å². The van der Waals surface area contributed by atoms with Crippen LogP contribution in [0.5, 0.6) is 0 Å². The van der Waals surface area contributed by atoms with Gasteiger partial charge in [0.05, 0.1) is 11.1 Å². The van der Waals surface area contributed by atoms with Crippen LogP contribution in [0.25, 0.3) is 0 Å². The highest BCUT2D eigenvalue weighted by Crippen LogP contribution is 2.25. The Bertz CT molecular complexity index is 375. The van der Waals surface area contributed by atoms with Crippen LogP contribution in [-0.2, 0) is 9.59 Å². The average Bonchev–Trinajstić information content (AvgIpc) is 2.39. The van der Waals surface area contributed by atoms with E-state index in [4.69, 9.17) is 0 Å². The molecule has 14 heavy (non-hydrogen) atoms. The van der Waals surface area contributed by atoms with E-state index in [9.17, 15) is 9.59 Å². The molecule has 1 aliphatic rings. The van der Waals surface area contributed by atoms with Crippen LogP contribution < -0.4 is 5.32 Å². The number of carbonyl (C=O) groups excluding carboxylic acids is 2. The normalized spacial score (nSPS) is 15.9. The lowest BCUT2D eigenvalue weighted by molar-refractivity contribution is -0.124. The SMILES string of the molecule is C=C(C)C1=C(C(=C)CC)C(=O)NC1=O. The van der Waals surface area contributed by atoms with Crippen LogP contribution in [0, 0.1) is 0 Å². The average molecular weight is 191 g/mol. The fraction of sp³-hybridized carbons (Fsp3) is 0.273. The molecule has 0 aromatic heterocycles. The van der Waals surface area contributed by atoms with Gasteiger partial charge in [0.2, 0.25) is 0 Å². The minimum Gasteiger partial charge on any atom is -0.288 e. The van der Waals surface area contributed by atoms with E-state index in [-0.39, 0.29) is 11.8 Å². The van der Waals surface area contributed by atoms with Crippen molar-refractivity contribution in [2.75, 3.05) is 0 Å². The molecule has 0 saturated carbocycles. The molecule has 1 aliphatic heterocycles. The van der Waals surface area contributed by atoms with Gasteiger partial charge >= 0.3 is 0 Å². The first-order valence-corrected chi connectivity index (χ1v) is 4.43. The summed E-state index contributed by atoms with van der Waals surface area (Å²) in [5.74, 6) is -0.730. The molecular formula is C11H13NO2. The maximum absolute atomic E-state index is 11.4. The lowest BCUT2D eigenvalue weighted by Crippen LogP contribution is -2.23. The van der Waals surface area contributed by atoms with Crippen molar-refractivity contribution < 1.29 is 9.59 Å². The minimum atomic E-state index is -0.368. The Morgan fingerprint density at radius 2 is 1.71 bits per heavy atom. The third-order valence-electron chi connectivity index (χ3n) is 2.14. The van der Waals surface area contributed by atoms with E-state index < -0.39 is 0 Å². The van der Waals surface area contributed by atoms with Crippen molar-refractivity contribution in [3.05, 3.63) is 35.5 Å². The van der Waals surface area contributed by atoms with Gasteiger partial charge in [0.1, 0.15) is 0 Å². The fourth-order valence-corrected chi connectivity index (χ4v) is 1.38. The van der Waals surface area contributed by atoms with Gasteiger partial charge in [0, 0.05) is 0 Å². The van der Waals surface area contributed by atoms with Crippen LogP contribution in [0.3, 0.4) is 0 Å². The number of imide groups is 1. The summed E-state index contributed by atoms with van der Waals surface area (Å²) in [5, 5.41) is 2.24. The molecule has 3 heteroatoms. The maximum atomic E-state index is 11.4. The zero-order valence-electron chi connectivity index (χ0n) is 8.44. The molecule has 0 spiro atoms. The number of rotatable bonds is 3. The van der Waals surface area contributed by atoms with Gasteiger partial charge in [-0.15, -0.1) is 0 Å². The van der Waals surface area contributed by atoms with Gasteiger partial charge in [-0.1, -0.05) is 20.1 Å². The highest BCUT2D eigenvalue weighted by molar-refractivity contribution is 6.23. The molecule has 0 unspecified atom stereocenters. The van der Waals surface area contributed by atoms with E-state index in [1.807, 2.05) is 6.92 Å². The third kappa shape index (κ3) is 1.53. The molecule has 0 fully saturated rings. The van der Waals surface area contributed by atoms with Crippen LogP contribution in [-0.4, -0.2) is 11.8 Å². The molecule has 0 bridgehead atoms. The largest absolute Gasteiger partial charge is 0.288 e. The summed E-state index contributed by atoms with van der Waals surface area (Å²) in [6.45, 7) is 11.0. The van der Waals surface area contributed by atoms with Crippen molar-refractivity contribution in [2.24, 2.45) is 0 Å². The van der Waals surface area contributed by atoms with Crippen molar-refractivity contribution >= 4 is 11.8 Å². The van der Waals surface area contributed by atoms with Gasteiger partial charge in [-0.3, -0.25) is 14.9 Å². The predicted molar refractivity (Wildman–Crippen MR) is 54.4 cm³/mol. The Morgan fingerprint density at radius 1 is 1.21 bits per heavy atom. The predicted octanol–water partition coefficient (Wildman–Crippen LogP) is 1.48. The van der Waals surface area contributed by atoms with Crippen LogP contribution in [0.1, 0.15) is 20.3 Å². The highest BCUT2D eigenvalue weighted by atomic mass is 16.2. The summed E-state index contributed by atoms with van der Waals surface area (Å²) in [7, 11) is 0. The molecule has 2 amide bonds. The van der Waals surface area contributed by atoms with Crippen LogP contribution in [0.4, 0.5) is 0 Å². The third-order valence-corrected chi connectivity index (χ3v) is 2.14. The number of amides is 2. The van der Waals surface area contributed by atoms with E-state index in [1.54, 1.807) is 6.92 Å². The van der Waals surface area contributed by atoms with Crippen LogP contribution in [0.2, 0.25) is 0 Å². The Kier molecular flexibility index (Phi) is 2.70.